The Labute approximate surface area is 160 Å². The van der Waals surface area contributed by atoms with Crippen LogP contribution in [0.2, 0.25) is 5.02 Å². The molecule has 28 heavy (non-hydrogen) atoms. The second-order valence-corrected chi connectivity index (χ2v) is 6.12. The van der Waals surface area contributed by atoms with Gasteiger partial charge in [0.2, 0.25) is 0 Å². The molecular weight excluding hydrogens is 405 g/mol. The maximum Gasteiger partial charge on any atom is 0.417 e. The van der Waals surface area contributed by atoms with Gasteiger partial charge in [-0.3, -0.25) is 9.36 Å². The third kappa shape index (κ3) is 4.14. The van der Waals surface area contributed by atoms with Gasteiger partial charge < -0.3 is 5.32 Å². The molecule has 0 fully saturated rings. The fourth-order valence-corrected chi connectivity index (χ4v) is 2.70. The Kier molecular flexibility index (Phi) is 5.37. The Morgan fingerprint density at radius 2 is 1.93 bits per heavy atom. The number of aromatic nitrogens is 2. The van der Waals surface area contributed by atoms with Gasteiger partial charge in [0.1, 0.15) is 17.3 Å². The number of amides is 1. The molecule has 0 aliphatic carbocycles. The van der Waals surface area contributed by atoms with Crippen LogP contribution in [-0.2, 0) is 12.7 Å². The van der Waals surface area contributed by atoms with E-state index in [9.17, 15) is 26.7 Å². The van der Waals surface area contributed by atoms with Crippen LogP contribution in [0.4, 0.5) is 22.0 Å². The van der Waals surface area contributed by atoms with Gasteiger partial charge in [-0.1, -0.05) is 17.7 Å². The lowest BCUT2D eigenvalue weighted by Gasteiger charge is -2.13. The van der Waals surface area contributed by atoms with Crippen LogP contribution in [0.5, 0.6) is 0 Å². The molecule has 3 rings (SSSR count). The molecule has 1 N–H and O–H groups in total. The van der Waals surface area contributed by atoms with Crippen molar-refractivity contribution in [3.05, 3.63) is 82.3 Å². The molecule has 3 aromatic rings. The Hall–Kier alpha value is -2.94. The Morgan fingerprint density at radius 1 is 1.18 bits per heavy atom. The van der Waals surface area contributed by atoms with E-state index in [1.807, 2.05) is 0 Å². The first-order valence-corrected chi connectivity index (χ1v) is 8.17. The van der Waals surface area contributed by atoms with Crippen molar-refractivity contribution in [2.24, 2.45) is 0 Å². The van der Waals surface area contributed by atoms with E-state index < -0.39 is 29.3 Å². The first kappa shape index (κ1) is 19.8. The molecule has 0 aliphatic rings. The quantitative estimate of drug-likeness (QED) is 0.625. The summed E-state index contributed by atoms with van der Waals surface area (Å²) in [7, 11) is 0. The summed E-state index contributed by atoms with van der Waals surface area (Å²) < 4.78 is 66.0. The van der Waals surface area contributed by atoms with E-state index in [-0.39, 0.29) is 28.6 Å². The largest absolute Gasteiger partial charge is 0.417 e. The monoisotopic (exact) mass is 415 g/mol. The second-order valence-electron chi connectivity index (χ2n) is 5.71. The number of carbonyl (C=O) groups excluding carboxylic acids is 1. The minimum Gasteiger partial charge on any atom is -0.347 e. The Morgan fingerprint density at radius 3 is 2.57 bits per heavy atom. The van der Waals surface area contributed by atoms with Crippen LogP contribution >= 0.6 is 11.6 Å². The van der Waals surface area contributed by atoms with E-state index in [2.05, 4.69) is 10.3 Å². The van der Waals surface area contributed by atoms with Crippen molar-refractivity contribution >= 4 is 17.5 Å². The first-order chi connectivity index (χ1) is 13.2. The van der Waals surface area contributed by atoms with Gasteiger partial charge in [-0.25, -0.2) is 13.8 Å². The minimum atomic E-state index is -4.61. The van der Waals surface area contributed by atoms with Crippen LogP contribution < -0.4 is 5.32 Å². The average molecular weight is 416 g/mol. The zero-order valence-corrected chi connectivity index (χ0v) is 14.7. The topological polar surface area (TPSA) is 46.9 Å². The van der Waals surface area contributed by atoms with Gasteiger partial charge in [-0.05, 0) is 24.3 Å². The van der Waals surface area contributed by atoms with Gasteiger partial charge in [0, 0.05) is 30.6 Å². The van der Waals surface area contributed by atoms with Crippen LogP contribution in [-0.4, -0.2) is 15.5 Å². The van der Waals surface area contributed by atoms with E-state index in [1.54, 1.807) is 0 Å². The van der Waals surface area contributed by atoms with Crippen molar-refractivity contribution in [3.8, 4) is 5.82 Å². The molecule has 1 aromatic carbocycles. The number of alkyl halides is 3. The third-order valence-corrected chi connectivity index (χ3v) is 4.09. The maximum absolute atomic E-state index is 13.7. The second kappa shape index (κ2) is 7.59. The van der Waals surface area contributed by atoms with Crippen molar-refractivity contribution in [2.75, 3.05) is 0 Å². The minimum absolute atomic E-state index is 0.0247. The van der Waals surface area contributed by atoms with Crippen molar-refractivity contribution in [3.63, 3.8) is 0 Å². The number of rotatable bonds is 4. The Bertz CT molecular complexity index is 1030. The van der Waals surface area contributed by atoms with Crippen LogP contribution in [0, 0.1) is 11.6 Å². The van der Waals surface area contributed by atoms with Crippen LogP contribution in [0.15, 0.2) is 48.8 Å². The highest BCUT2D eigenvalue weighted by Gasteiger charge is 2.32. The lowest BCUT2D eigenvalue weighted by molar-refractivity contribution is -0.137. The highest BCUT2D eigenvalue weighted by Crippen LogP contribution is 2.32. The summed E-state index contributed by atoms with van der Waals surface area (Å²) in [5, 5.41) is 2.15. The Balaban J connectivity index is 1.82. The SMILES string of the molecule is O=C(NCc1ccc(F)cc1F)c1cccn1-c1ncc(C(F)(F)F)cc1Cl. The zero-order valence-electron chi connectivity index (χ0n) is 13.9. The number of carbonyl (C=O) groups is 1. The molecule has 0 aliphatic heterocycles. The van der Waals surface area contributed by atoms with Crippen LogP contribution in [0.1, 0.15) is 21.6 Å². The molecule has 0 atom stereocenters. The smallest absolute Gasteiger partial charge is 0.347 e. The van der Waals surface area contributed by atoms with E-state index in [0.717, 1.165) is 6.07 Å². The molecule has 4 nitrogen and oxygen atoms in total. The molecule has 146 valence electrons. The first-order valence-electron chi connectivity index (χ1n) is 7.79. The number of pyridine rings is 1. The predicted molar refractivity (Wildman–Crippen MR) is 91.1 cm³/mol. The van der Waals surface area contributed by atoms with Gasteiger partial charge in [-0.2, -0.15) is 13.2 Å². The van der Waals surface area contributed by atoms with Crippen LogP contribution in [0.3, 0.4) is 0 Å². The zero-order chi connectivity index (χ0) is 20.5. The molecule has 0 saturated carbocycles. The predicted octanol–water partition coefficient (Wildman–Crippen LogP) is 4.75. The molecule has 0 spiro atoms. The summed E-state index contributed by atoms with van der Waals surface area (Å²) in [6.45, 7) is -0.218. The van der Waals surface area contributed by atoms with E-state index in [4.69, 9.17) is 11.6 Å². The van der Waals surface area contributed by atoms with Gasteiger partial charge in [0.15, 0.2) is 5.82 Å². The molecular formula is C18H11ClF5N3O. The molecule has 0 saturated heterocycles. The summed E-state index contributed by atoms with van der Waals surface area (Å²) in [5.74, 6) is -2.28. The summed E-state index contributed by atoms with van der Waals surface area (Å²) in [4.78, 5) is 16.1. The lowest BCUT2D eigenvalue weighted by Crippen LogP contribution is -2.25. The number of nitrogens with zero attached hydrogens (tertiary/aromatic N) is 2. The highest BCUT2D eigenvalue weighted by molar-refractivity contribution is 6.32. The standard InChI is InChI=1S/C18H11ClF5N3O/c19-13-6-11(18(22,23)24)9-25-16(13)27-5-1-2-15(27)17(28)26-8-10-3-4-12(20)7-14(10)21/h1-7,9H,8H2,(H,26,28). The van der Waals surface area contributed by atoms with E-state index >= 15 is 0 Å². The van der Waals surface area contributed by atoms with Crippen molar-refractivity contribution < 1.29 is 26.7 Å². The number of hydrogen-bond acceptors (Lipinski definition) is 2. The van der Waals surface area contributed by atoms with Gasteiger partial charge >= 0.3 is 6.18 Å². The lowest BCUT2D eigenvalue weighted by atomic mass is 10.2. The van der Waals surface area contributed by atoms with Crippen molar-refractivity contribution in [1.82, 2.24) is 14.9 Å². The fraction of sp³-hybridized carbons (Fsp3) is 0.111. The number of hydrogen-bond donors (Lipinski definition) is 1. The summed E-state index contributed by atoms with van der Waals surface area (Å²) >= 11 is 5.91. The van der Waals surface area contributed by atoms with Crippen molar-refractivity contribution in [2.45, 2.75) is 12.7 Å². The summed E-state index contributed by atoms with van der Waals surface area (Å²) in [5.41, 5.74) is -0.929. The number of halogens is 6. The molecule has 0 radical (unpaired) electrons. The molecule has 0 bridgehead atoms. The third-order valence-electron chi connectivity index (χ3n) is 3.81. The number of nitrogens with one attached hydrogen (secondary N) is 1. The fourth-order valence-electron chi connectivity index (χ4n) is 2.44. The molecule has 0 unspecified atom stereocenters. The van der Waals surface area contributed by atoms with E-state index in [0.29, 0.717) is 18.3 Å². The van der Waals surface area contributed by atoms with E-state index in [1.165, 1.54) is 29.0 Å². The van der Waals surface area contributed by atoms with Crippen LogP contribution in [0.25, 0.3) is 5.82 Å². The molecule has 2 aromatic heterocycles. The molecule has 2 heterocycles. The summed E-state index contributed by atoms with van der Waals surface area (Å²) in [6, 6.07) is 6.52. The van der Waals surface area contributed by atoms with Gasteiger partial charge in [-0.15, -0.1) is 0 Å². The van der Waals surface area contributed by atoms with Gasteiger partial charge in [0.25, 0.3) is 5.91 Å². The van der Waals surface area contributed by atoms with Gasteiger partial charge in [0.05, 0.1) is 10.6 Å². The average Bonchev–Trinajstić information content (AvgIpc) is 3.09. The molecule has 10 heteroatoms. The maximum atomic E-state index is 13.7. The normalized spacial score (nSPS) is 11.5. The summed E-state index contributed by atoms with van der Waals surface area (Å²) in [6.07, 6.45) is -2.60. The highest BCUT2D eigenvalue weighted by atomic mass is 35.5. The van der Waals surface area contributed by atoms with Crippen molar-refractivity contribution in [1.29, 1.82) is 0 Å². The number of benzene rings is 1. The molecule has 1 amide bonds.